The van der Waals surface area contributed by atoms with E-state index in [9.17, 15) is 18.3 Å². The summed E-state index contributed by atoms with van der Waals surface area (Å²) in [7, 11) is -4.21. The molecule has 0 atom stereocenters. The number of carbonyl (C=O) groups is 1. The lowest BCUT2D eigenvalue weighted by molar-refractivity contribution is 0.0779. The highest BCUT2D eigenvalue weighted by molar-refractivity contribution is 7.89. The normalized spacial score (nSPS) is 15.8. The second kappa shape index (κ2) is 6.49. The van der Waals surface area contributed by atoms with Gasteiger partial charge in [-0.25, -0.2) is 9.52 Å². The van der Waals surface area contributed by atoms with Gasteiger partial charge in [0, 0.05) is 17.2 Å². The fourth-order valence-corrected chi connectivity index (χ4v) is 4.29. The first-order valence-electron chi connectivity index (χ1n) is 9.14. The molecule has 0 saturated carbocycles. The van der Waals surface area contributed by atoms with Crippen LogP contribution in [0, 0.1) is 0 Å². The Morgan fingerprint density at radius 2 is 2.00 bits per heavy atom. The van der Waals surface area contributed by atoms with E-state index in [4.69, 9.17) is 4.42 Å². The van der Waals surface area contributed by atoms with Crippen molar-refractivity contribution in [2.45, 2.75) is 50.2 Å². The van der Waals surface area contributed by atoms with Crippen molar-refractivity contribution < 1.29 is 22.7 Å². The first-order valence-corrected chi connectivity index (χ1v) is 10.6. The molecule has 0 unspecified atom stereocenters. The average molecular weight is 402 g/mol. The Labute approximate surface area is 163 Å². The Kier molecular flexibility index (Phi) is 4.35. The molecular formula is C20H22N2O5S. The minimum absolute atomic E-state index is 0.303. The fraction of sp³-hybridized carbons (Fsp3) is 0.350. The molecule has 148 valence electrons. The van der Waals surface area contributed by atoms with Gasteiger partial charge in [0.05, 0.1) is 17.6 Å². The van der Waals surface area contributed by atoms with Crippen LogP contribution >= 0.6 is 0 Å². The number of fused-ring (bicyclic) bond motifs is 1. The smallest absolute Gasteiger partial charge is 0.333 e. The van der Waals surface area contributed by atoms with E-state index in [-0.39, 0.29) is 0 Å². The number of aryl methyl sites for hydroxylation is 1. The van der Waals surface area contributed by atoms with Crippen LogP contribution in [0.15, 0.2) is 40.0 Å². The third kappa shape index (κ3) is 3.57. The maximum Gasteiger partial charge on any atom is 0.333 e. The second-order valence-corrected chi connectivity index (χ2v) is 9.30. The van der Waals surface area contributed by atoms with Crippen molar-refractivity contribution in [1.82, 2.24) is 4.72 Å². The van der Waals surface area contributed by atoms with Gasteiger partial charge in [-0.15, -0.1) is 0 Å². The van der Waals surface area contributed by atoms with Crippen molar-refractivity contribution in [2.24, 2.45) is 0 Å². The van der Waals surface area contributed by atoms with Gasteiger partial charge in [0.15, 0.2) is 0 Å². The predicted molar refractivity (Wildman–Crippen MR) is 104 cm³/mol. The number of urea groups is 1. The predicted octanol–water partition coefficient (Wildman–Crippen LogP) is 3.29. The standard InChI is InChI=1S/C20H22N2O5S/c1-20(2,24)14-10-17(27-11-14)28(25,26)22-19(23)21-18-15-5-3-4-12(15)8-9-16(18)13-6-7-13/h6,8-11,24H,3-5,7H2,1-2H3,(H2,21,22,23). The van der Waals surface area contributed by atoms with Gasteiger partial charge in [-0.1, -0.05) is 18.2 Å². The second-order valence-electron chi connectivity index (χ2n) is 7.69. The lowest BCUT2D eigenvalue weighted by Gasteiger charge is -2.15. The van der Waals surface area contributed by atoms with Crippen LogP contribution < -0.4 is 10.0 Å². The van der Waals surface area contributed by atoms with Crippen LogP contribution in [-0.2, 0) is 28.5 Å². The highest BCUT2D eigenvalue weighted by Gasteiger charge is 2.28. The van der Waals surface area contributed by atoms with E-state index in [2.05, 4.69) is 17.5 Å². The SMILES string of the molecule is CC(C)(O)c1coc(S(=O)(=O)NC(=O)Nc2c(C3=CC3)ccc3c2CCC3)c1. The summed E-state index contributed by atoms with van der Waals surface area (Å²) < 4.78 is 32.0. The van der Waals surface area contributed by atoms with E-state index in [1.165, 1.54) is 25.5 Å². The molecule has 0 aliphatic heterocycles. The number of carbonyl (C=O) groups excluding carboxylic acids is 1. The number of anilines is 1. The zero-order valence-corrected chi connectivity index (χ0v) is 16.5. The van der Waals surface area contributed by atoms with Gasteiger partial charge >= 0.3 is 6.03 Å². The maximum absolute atomic E-state index is 12.5. The van der Waals surface area contributed by atoms with Crippen LogP contribution in [0.5, 0.6) is 0 Å². The summed E-state index contributed by atoms with van der Waals surface area (Å²) in [5.74, 6) is 0. The average Bonchev–Trinajstić information content (AvgIpc) is 3.10. The van der Waals surface area contributed by atoms with E-state index in [1.54, 1.807) is 0 Å². The molecule has 2 aliphatic rings. The van der Waals surface area contributed by atoms with Gasteiger partial charge < -0.3 is 14.8 Å². The molecule has 2 aromatic rings. The highest BCUT2D eigenvalue weighted by Crippen LogP contribution is 2.41. The number of benzene rings is 1. The molecule has 1 aromatic carbocycles. The van der Waals surface area contributed by atoms with Gasteiger partial charge in [0.1, 0.15) is 0 Å². The molecule has 7 nitrogen and oxygen atoms in total. The quantitative estimate of drug-likeness (QED) is 0.711. The summed E-state index contributed by atoms with van der Waals surface area (Å²) >= 11 is 0. The third-order valence-corrected chi connectivity index (χ3v) is 6.25. The van der Waals surface area contributed by atoms with Crippen molar-refractivity contribution in [1.29, 1.82) is 0 Å². The van der Waals surface area contributed by atoms with Crippen molar-refractivity contribution in [3.63, 3.8) is 0 Å². The Morgan fingerprint density at radius 1 is 1.25 bits per heavy atom. The van der Waals surface area contributed by atoms with Gasteiger partial charge in [0.2, 0.25) is 5.09 Å². The fourth-order valence-electron chi connectivity index (χ4n) is 3.44. The van der Waals surface area contributed by atoms with Gasteiger partial charge in [-0.3, -0.25) is 0 Å². The monoisotopic (exact) mass is 402 g/mol. The zero-order valence-electron chi connectivity index (χ0n) is 15.7. The van der Waals surface area contributed by atoms with Crippen LogP contribution in [0.25, 0.3) is 5.57 Å². The van der Waals surface area contributed by atoms with E-state index in [1.807, 2.05) is 10.8 Å². The zero-order chi connectivity index (χ0) is 20.1. The Hall–Kier alpha value is -2.58. The van der Waals surface area contributed by atoms with Crippen LogP contribution in [0.1, 0.15) is 48.9 Å². The summed E-state index contributed by atoms with van der Waals surface area (Å²) in [4.78, 5) is 12.5. The minimum atomic E-state index is -4.21. The van der Waals surface area contributed by atoms with Crippen molar-refractivity contribution in [3.8, 4) is 0 Å². The molecule has 2 amide bonds. The Balaban J connectivity index is 1.56. The third-order valence-electron chi connectivity index (χ3n) is 5.05. The summed E-state index contributed by atoms with van der Waals surface area (Å²) in [6, 6.07) is 4.42. The van der Waals surface area contributed by atoms with Gasteiger partial charge in [0.25, 0.3) is 10.0 Å². The van der Waals surface area contributed by atoms with E-state index in [0.717, 1.165) is 48.6 Å². The minimum Gasteiger partial charge on any atom is -0.451 e. The van der Waals surface area contributed by atoms with Crippen LogP contribution in [0.2, 0.25) is 0 Å². The lowest BCUT2D eigenvalue weighted by atomic mass is 10.0. The first kappa shape index (κ1) is 18.8. The molecule has 1 heterocycles. The molecular weight excluding hydrogens is 380 g/mol. The molecule has 0 bridgehead atoms. The van der Waals surface area contributed by atoms with Crippen LogP contribution in [0.3, 0.4) is 0 Å². The molecule has 4 rings (SSSR count). The molecule has 2 aliphatic carbocycles. The molecule has 8 heteroatoms. The maximum atomic E-state index is 12.5. The summed E-state index contributed by atoms with van der Waals surface area (Å²) in [5, 5.41) is 12.3. The number of rotatable bonds is 5. The van der Waals surface area contributed by atoms with Crippen molar-refractivity contribution in [2.75, 3.05) is 5.32 Å². The number of nitrogens with one attached hydrogen (secondary N) is 2. The molecule has 0 saturated heterocycles. The van der Waals surface area contributed by atoms with Crippen LogP contribution in [-0.4, -0.2) is 19.6 Å². The number of allylic oxidation sites excluding steroid dienone is 2. The molecule has 0 spiro atoms. The topological polar surface area (TPSA) is 109 Å². The number of hydrogen-bond donors (Lipinski definition) is 3. The summed E-state index contributed by atoms with van der Waals surface area (Å²) in [6.07, 6.45) is 6.92. The molecule has 3 N–H and O–H groups in total. The van der Waals surface area contributed by atoms with Crippen molar-refractivity contribution in [3.05, 3.63) is 52.8 Å². The molecule has 0 fully saturated rings. The molecule has 1 aromatic heterocycles. The number of aliphatic hydroxyl groups is 1. The van der Waals surface area contributed by atoms with E-state index in [0.29, 0.717) is 11.3 Å². The summed E-state index contributed by atoms with van der Waals surface area (Å²) in [5.41, 5.74) is 4.07. The first-order chi connectivity index (χ1) is 13.1. The highest BCUT2D eigenvalue weighted by atomic mass is 32.2. The number of hydrogen-bond acceptors (Lipinski definition) is 5. The largest absolute Gasteiger partial charge is 0.451 e. The lowest BCUT2D eigenvalue weighted by Crippen LogP contribution is -2.34. The summed E-state index contributed by atoms with van der Waals surface area (Å²) in [6.45, 7) is 3.02. The molecule has 28 heavy (non-hydrogen) atoms. The van der Waals surface area contributed by atoms with E-state index < -0.39 is 26.7 Å². The number of sulfonamides is 1. The number of amides is 2. The Bertz CT molecular complexity index is 1090. The van der Waals surface area contributed by atoms with Gasteiger partial charge in [-0.05, 0) is 56.2 Å². The molecule has 0 radical (unpaired) electrons. The number of furan rings is 1. The van der Waals surface area contributed by atoms with E-state index >= 15 is 0 Å². The van der Waals surface area contributed by atoms with Crippen LogP contribution in [0.4, 0.5) is 10.5 Å². The Morgan fingerprint density at radius 3 is 2.64 bits per heavy atom. The van der Waals surface area contributed by atoms with Crippen molar-refractivity contribution >= 4 is 27.3 Å². The van der Waals surface area contributed by atoms with Gasteiger partial charge in [-0.2, -0.15) is 8.42 Å².